The van der Waals surface area contributed by atoms with Crippen LogP contribution in [-0.4, -0.2) is 100.0 Å². The molecule has 2 heterocycles. The quantitative estimate of drug-likeness (QED) is 0.102. The first kappa shape index (κ1) is 52.3. The molecule has 2 bridgehead atoms. The van der Waals surface area contributed by atoms with Crippen molar-refractivity contribution in [2.45, 2.75) is 153 Å². The highest BCUT2D eigenvalue weighted by Crippen LogP contribution is 2.63. The van der Waals surface area contributed by atoms with Gasteiger partial charge in [0.1, 0.15) is 12.2 Å². The number of aryl methyl sites for hydroxylation is 1. The zero-order valence-electron chi connectivity index (χ0n) is 40.8. The number of carbonyl (C=O) groups is 2. The Hall–Kier alpha value is -4.08. The number of nitrogens with two attached hydrogens (primary N) is 1. The number of amides is 1. The highest BCUT2D eigenvalue weighted by Gasteiger charge is 2.64. The van der Waals surface area contributed by atoms with Crippen molar-refractivity contribution in [2.75, 3.05) is 26.7 Å². The monoisotopic (exact) mass is 922 g/mol. The van der Waals surface area contributed by atoms with Gasteiger partial charge in [-0.3, -0.25) is 14.9 Å². The Morgan fingerprint density at radius 1 is 1.01 bits per heavy atom. The van der Waals surface area contributed by atoms with E-state index in [4.69, 9.17) is 5.73 Å². The molecule has 1 amide bonds. The summed E-state index contributed by atoms with van der Waals surface area (Å²) in [6.07, 6.45) is 9.27. The van der Waals surface area contributed by atoms with E-state index in [1.165, 1.54) is 5.57 Å². The van der Waals surface area contributed by atoms with Crippen molar-refractivity contribution in [3.8, 4) is 0 Å². The van der Waals surface area contributed by atoms with Gasteiger partial charge in [0.25, 0.3) is 0 Å². The van der Waals surface area contributed by atoms with Gasteiger partial charge >= 0.3 is 0 Å². The molecule has 11 atom stereocenters. The predicted octanol–water partition coefficient (Wildman–Crippen LogP) is 5.40. The summed E-state index contributed by atoms with van der Waals surface area (Å²) in [5.41, 5.74) is 12.2. The summed E-state index contributed by atoms with van der Waals surface area (Å²) in [7, 11) is 1.93. The average molecular weight is 922 g/mol. The summed E-state index contributed by atoms with van der Waals surface area (Å²) < 4.78 is 0. The summed E-state index contributed by atoms with van der Waals surface area (Å²) >= 11 is 0. The maximum absolute atomic E-state index is 14.8. The van der Waals surface area contributed by atoms with E-state index in [2.05, 4.69) is 60.8 Å². The molecule has 0 radical (unpaired) electrons. The lowest BCUT2D eigenvalue weighted by Crippen LogP contribution is -2.59. The van der Waals surface area contributed by atoms with Gasteiger partial charge in [0.15, 0.2) is 5.78 Å². The van der Waals surface area contributed by atoms with Crippen LogP contribution in [0.1, 0.15) is 126 Å². The maximum Gasteiger partial charge on any atom is 0.243 e. The fourth-order valence-corrected chi connectivity index (χ4v) is 11.7. The number of β-amino-alcohol motifs (C(OH)–C–C–N with tert-alkyl or cyclic N) is 1. The second-order valence-corrected chi connectivity index (χ2v) is 20.4. The number of aliphatic hydroxyl groups is 5. The smallest absolute Gasteiger partial charge is 0.243 e. The summed E-state index contributed by atoms with van der Waals surface area (Å²) in [6.45, 7) is 15.0. The molecule has 0 unspecified atom stereocenters. The van der Waals surface area contributed by atoms with Gasteiger partial charge in [-0.1, -0.05) is 84.5 Å². The third kappa shape index (κ3) is 12.0. The van der Waals surface area contributed by atoms with Crippen LogP contribution in [0.2, 0.25) is 0 Å². The van der Waals surface area contributed by atoms with Crippen molar-refractivity contribution in [1.82, 2.24) is 21.3 Å². The molecule has 2 aromatic rings. The van der Waals surface area contributed by atoms with E-state index in [0.717, 1.165) is 35.2 Å². The van der Waals surface area contributed by atoms with Crippen LogP contribution in [0.4, 0.5) is 0 Å². The van der Waals surface area contributed by atoms with Gasteiger partial charge in [-0.2, -0.15) is 0 Å². The van der Waals surface area contributed by atoms with E-state index < -0.39 is 53.4 Å². The van der Waals surface area contributed by atoms with Gasteiger partial charge in [-0.15, -0.1) is 0 Å². The van der Waals surface area contributed by atoms with Gasteiger partial charge < -0.3 is 47.2 Å². The fourth-order valence-electron chi connectivity index (χ4n) is 11.7. The van der Waals surface area contributed by atoms with Crippen molar-refractivity contribution >= 4 is 11.7 Å². The van der Waals surface area contributed by atoms with Crippen LogP contribution in [-0.2, 0) is 28.9 Å². The number of hydrogen-bond acceptors (Lipinski definition) is 11. The van der Waals surface area contributed by atoms with E-state index in [0.29, 0.717) is 85.6 Å². The Bertz CT molecular complexity index is 2210. The lowest BCUT2D eigenvalue weighted by atomic mass is 9.52. The number of allylic oxidation sites excluding steroid dienone is 5. The van der Waals surface area contributed by atoms with Crippen LogP contribution < -0.4 is 27.0 Å². The Kier molecular flexibility index (Phi) is 18.0. The number of nitrogens with one attached hydrogen (secondary N) is 4. The van der Waals surface area contributed by atoms with Crippen molar-refractivity contribution in [1.29, 1.82) is 0 Å². The molecule has 1 spiro atoms. The van der Waals surface area contributed by atoms with E-state index in [1.54, 1.807) is 6.92 Å². The normalized spacial score (nSPS) is 32.0. The molecular weight excluding hydrogens is 843 g/mol. The van der Waals surface area contributed by atoms with Crippen LogP contribution in [0.25, 0.3) is 0 Å². The maximum atomic E-state index is 14.8. The van der Waals surface area contributed by atoms with E-state index >= 15 is 0 Å². The lowest BCUT2D eigenvalue weighted by Gasteiger charge is -2.56. The van der Waals surface area contributed by atoms with Crippen molar-refractivity contribution in [2.24, 2.45) is 23.0 Å². The number of rotatable bonds is 11. The van der Waals surface area contributed by atoms with Crippen molar-refractivity contribution in [3.05, 3.63) is 129 Å². The topological polar surface area (TPSA) is 209 Å². The van der Waals surface area contributed by atoms with Crippen LogP contribution in [0.5, 0.6) is 0 Å². The first-order chi connectivity index (χ1) is 31.9. The molecule has 6 rings (SSSR count). The van der Waals surface area contributed by atoms with Gasteiger partial charge in [-0.05, 0) is 156 Å². The lowest BCUT2D eigenvalue weighted by molar-refractivity contribution is -0.168. The minimum absolute atomic E-state index is 0.00306. The van der Waals surface area contributed by atoms with Crippen molar-refractivity contribution in [3.63, 3.8) is 0 Å². The third-order valence-electron chi connectivity index (χ3n) is 15.4. The second kappa shape index (κ2) is 23.0. The molecule has 0 aromatic heterocycles. The highest BCUT2D eigenvalue weighted by atomic mass is 16.3. The molecule has 2 aromatic carbocycles. The molecule has 2 aliphatic carbocycles. The molecule has 12 nitrogen and oxygen atoms in total. The number of fused-ring (bicyclic) bond motifs is 4. The first-order valence-corrected chi connectivity index (χ1v) is 24.6. The largest absolute Gasteiger partial charge is 0.393 e. The molecular formula is C55H79N5O7. The summed E-state index contributed by atoms with van der Waals surface area (Å²) in [4.78, 5) is 28.3. The predicted molar refractivity (Wildman–Crippen MR) is 266 cm³/mol. The number of aliphatic hydroxyl groups excluding tert-OH is 4. The molecule has 2 saturated carbocycles. The number of Topliss-reactive ketones (excluding diaryl/α,β-unsaturated/α-hetero) is 1. The summed E-state index contributed by atoms with van der Waals surface area (Å²) in [5.74, 6) is -1.41. The molecule has 12 heteroatoms. The van der Waals surface area contributed by atoms with Gasteiger partial charge in [-0.25, -0.2) is 0 Å². The van der Waals surface area contributed by atoms with Gasteiger partial charge in [0.2, 0.25) is 5.91 Å². The van der Waals surface area contributed by atoms with Gasteiger partial charge in [0.05, 0.1) is 30.5 Å². The SMILES string of the molecule is C=C(/C=C/C=C(/CO)[C@H]1CC[C@@]2([C@@H]3CC[C@H](O)Cc4cccc(c4)CC[C@H](O)CN[C@@H]4C(=O)N[C@H](N)c5cccc(c54)CC(=O)/C(C)=C/3CC[C@@]2(C)O)[C@@H]1O)[C@H](CC=C(C)C)N[C@@H](C)CNC. The first-order valence-electron chi connectivity index (χ1n) is 24.6. The van der Waals surface area contributed by atoms with Crippen LogP contribution in [0.3, 0.4) is 0 Å². The van der Waals surface area contributed by atoms with Crippen molar-refractivity contribution < 1.29 is 35.1 Å². The number of carbonyl (C=O) groups excluding carboxylic acids is 2. The number of likely N-dealkylation sites (N-methyl/N-ethyl adjacent to an activating group) is 1. The van der Waals surface area contributed by atoms with E-state index in [1.807, 2.05) is 68.6 Å². The molecule has 2 fully saturated rings. The van der Waals surface area contributed by atoms with Crippen LogP contribution >= 0.6 is 0 Å². The Balaban J connectivity index is 1.38. The standard InChI is InChI=1S/C55H79N5O7/c1-33(2)17-22-47(59-35(4)30-57-7)34(3)11-8-15-40(32-61)44-24-26-55(51(44)65)46-21-20-41(62)28-38-13-9-12-37(27-38)18-19-42(63)31-58-50-49-39(14-10-16-45(49)52(56)60-53(50)66)29-48(64)36(5)43(46)23-25-54(55,6)67/h8-17,27,35,41-42,44,46-47,50-52,57-59,61-63,65,67H,3,18-26,28-32,56H2,1-2,4-7H3,(H,60,66)/b11-8+,40-15-,43-36+/t35-,41-,42-,44+,46+,47-,50-,51+,52-,54+,55+/m0/s1. The molecule has 0 saturated heterocycles. The number of ketones is 1. The number of benzene rings is 2. The molecule has 4 aliphatic rings. The Morgan fingerprint density at radius 3 is 2.49 bits per heavy atom. The zero-order valence-corrected chi connectivity index (χ0v) is 40.8. The Labute approximate surface area is 399 Å². The zero-order chi connectivity index (χ0) is 48.6. The minimum atomic E-state index is -1.34. The number of hydrogen-bond donors (Lipinski definition) is 10. The molecule has 67 heavy (non-hydrogen) atoms. The molecule has 2 aliphatic heterocycles. The average Bonchev–Trinajstić information content (AvgIpc) is 3.62. The minimum Gasteiger partial charge on any atom is -0.393 e. The molecule has 366 valence electrons. The fraction of sp³-hybridized carbons (Fsp3) is 0.564. The van der Waals surface area contributed by atoms with Gasteiger partial charge in [0, 0.05) is 42.9 Å². The summed E-state index contributed by atoms with van der Waals surface area (Å²) in [6, 6.07) is 12.9. The van der Waals surface area contributed by atoms with Crippen LogP contribution in [0, 0.1) is 17.3 Å². The summed E-state index contributed by atoms with van der Waals surface area (Å²) in [5, 5.41) is 72.2. The Morgan fingerprint density at radius 2 is 1.76 bits per heavy atom. The van der Waals surface area contributed by atoms with E-state index in [9.17, 15) is 35.1 Å². The van der Waals surface area contributed by atoms with E-state index in [-0.39, 0.29) is 43.3 Å². The third-order valence-corrected chi connectivity index (χ3v) is 15.4. The second-order valence-electron chi connectivity index (χ2n) is 20.4. The van der Waals surface area contributed by atoms with Crippen LogP contribution in [0.15, 0.2) is 101 Å². The highest BCUT2D eigenvalue weighted by molar-refractivity contribution is 5.98. The molecule has 11 N–H and O–H groups in total.